The summed E-state index contributed by atoms with van der Waals surface area (Å²) < 4.78 is 5.25. The standard InChI is InChI=1S/C22H28N4O3/c1-16-5-4-6-19(13-16)24-21(28)25-22(10-12-29-3)9-11-26(15-22)20(27)18-8-7-17(2)23-14-18/h4-8,13-14H,9-12,15H2,1-3H3,(H2,24,25,28). The Morgan fingerprint density at radius 2 is 2.07 bits per heavy atom. The molecule has 1 saturated heterocycles. The summed E-state index contributed by atoms with van der Waals surface area (Å²) >= 11 is 0. The maximum absolute atomic E-state index is 12.9. The van der Waals surface area contributed by atoms with Crippen LogP contribution < -0.4 is 10.6 Å². The number of nitrogens with zero attached hydrogens (tertiary/aromatic N) is 2. The van der Waals surface area contributed by atoms with Crippen molar-refractivity contribution in [1.82, 2.24) is 15.2 Å². The van der Waals surface area contributed by atoms with E-state index in [1.165, 1.54) is 0 Å². The first-order valence-corrected chi connectivity index (χ1v) is 9.77. The summed E-state index contributed by atoms with van der Waals surface area (Å²) in [5.41, 5.74) is 2.70. The number of ether oxygens (including phenoxy) is 1. The molecule has 3 amide bonds. The van der Waals surface area contributed by atoms with Gasteiger partial charge in [0, 0.05) is 44.4 Å². The van der Waals surface area contributed by atoms with Gasteiger partial charge in [-0.3, -0.25) is 9.78 Å². The largest absolute Gasteiger partial charge is 0.385 e. The summed E-state index contributed by atoms with van der Waals surface area (Å²) in [6.07, 6.45) is 2.90. The molecule has 1 aliphatic heterocycles. The van der Waals surface area contributed by atoms with Gasteiger partial charge < -0.3 is 20.3 Å². The Hall–Kier alpha value is -2.93. The van der Waals surface area contributed by atoms with Gasteiger partial charge in [0.2, 0.25) is 0 Å². The minimum Gasteiger partial charge on any atom is -0.385 e. The molecule has 1 atom stereocenters. The maximum atomic E-state index is 12.9. The second kappa shape index (κ2) is 9.05. The third kappa shape index (κ3) is 5.32. The zero-order valence-electron chi connectivity index (χ0n) is 17.2. The fourth-order valence-electron chi connectivity index (χ4n) is 3.61. The summed E-state index contributed by atoms with van der Waals surface area (Å²) in [6, 6.07) is 11.0. The van der Waals surface area contributed by atoms with E-state index in [2.05, 4.69) is 15.6 Å². The fourth-order valence-corrected chi connectivity index (χ4v) is 3.61. The zero-order chi connectivity index (χ0) is 20.9. The number of benzene rings is 1. The van der Waals surface area contributed by atoms with Crippen LogP contribution in [-0.4, -0.2) is 54.2 Å². The number of rotatable bonds is 6. The number of nitrogens with one attached hydrogen (secondary N) is 2. The van der Waals surface area contributed by atoms with Crippen LogP contribution in [0.1, 0.15) is 34.5 Å². The second-order valence-corrected chi connectivity index (χ2v) is 7.64. The lowest BCUT2D eigenvalue weighted by Gasteiger charge is -2.30. The van der Waals surface area contributed by atoms with E-state index >= 15 is 0 Å². The minimum atomic E-state index is -0.530. The van der Waals surface area contributed by atoms with Crippen molar-refractivity contribution >= 4 is 17.6 Å². The lowest BCUT2D eigenvalue weighted by Crippen LogP contribution is -2.53. The SMILES string of the molecule is COCCC1(NC(=O)Nc2cccc(C)c2)CCN(C(=O)c2ccc(C)nc2)C1. The molecule has 29 heavy (non-hydrogen) atoms. The minimum absolute atomic E-state index is 0.0716. The van der Waals surface area contributed by atoms with Crippen LogP contribution in [0.2, 0.25) is 0 Å². The van der Waals surface area contributed by atoms with Gasteiger partial charge in [-0.2, -0.15) is 0 Å². The third-order valence-corrected chi connectivity index (χ3v) is 5.24. The highest BCUT2D eigenvalue weighted by Gasteiger charge is 2.41. The van der Waals surface area contributed by atoms with Crippen LogP contribution in [-0.2, 0) is 4.74 Å². The zero-order valence-corrected chi connectivity index (χ0v) is 17.2. The second-order valence-electron chi connectivity index (χ2n) is 7.64. The highest BCUT2D eigenvalue weighted by atomic mass is 16.5. The lowest BCUT2D eigenvalue weighted by atomic mass is 9.94. The molecule has 0 aliphatic carbocycles. The summed E-state index contributed by atoms with van der Waals surface area (Å²) in [4.78, 5) is 31.5. The first-order valence-electron chi connectivity index (χ1n) is 9.77. The van der Waals surface area contributed by atoms with Crippen LogP contribution in [0.25, 0.3) is 0 Å². The van der Waals surface area contributed by atoms with Gasteiger partial charge >= 0.3 is 6.03 Å². The monoisotopic (exact) mass is 396 g/mol. The van der Waals surface area contributed by atoms with Crippen LogP contribution in [0.15, 0.2) is 42.6 Å². The van der Waals surface area contributed by atoms with Crippen molar-refractivity contribution in [2.45, 2.75) is 32.2 Å². The van der Waals surface area contributed by atoms with Gasteiger partial charge in [-0.25, -0.2) is 4.79 Å². The maximum Gasteiger partial charge on any atom is 0.319 e. The van der Waals surface area contributed by atoms with E-state index in [-0.39, 0.29) is 11.9 Å². The van der Waals surface area contributed by atoms with Crippen LogP contribution in [0.5, 0.6) is 0 Å². The Kier molecular flexibility index (Phi) is 6.49. The Balaban J connectivity index is 1.69. The number of amides is 3. The first-order chi connectivity index (χ1) is 13.9. The molecule has 1 aromatic carbocycles. The number of carbonyl (C=O) groups is 2. The third-order valence-electron chi connectivity index (χ3n) is 5.24. The molecule has 2 heterocycles. The molecule has 0 radical (unpaired) electrons. The Morgan fingerprint density at radius 1 is 1.24 bits per heavy atom. The number of urea groups is 1. The van der Waals surface area contributed by atoms with Crippen molar-refractivity contribution in [3.05, 3.63) is 59.4 Å². The van der Waals surface area contributed by atoms with Gasteiger partial charge in [0.05, 0.1) is 11.1 Å². The number of aryl methyl sites for hydroxylation is 2. The molecule has 0 spiro atoms. The van der Waals surface area contributed by atoms with Crippen molar-refractivity contribution in [3.8, 4) is 0 Å². The molecule has 0 saturated carbocycles. The van der Waals surface area contributed by atoms with E-state index < -0.39 is 5.54 Å². The van der Waals surface area contributed by atoms with Gasteiger partial charge in [0.1, 0.15) is 0 Å². The molecule has 2 N–H and O–H groups in total. The predicted octanol–water partition coefficient (Wildman–Crippen LogP) is 3.14. The Labute approximate surface area is 171 Å². The van der Waals surface area contributed by atoms with Crippen molar-refractivity contribution in [1.29, 1.82) is 0 Å². The molecular formula is C22H28N4O3. The summed E-state index contributed by atoms with van der Waals surface area (Å²) in [5, 5.41) is 5.99. The molecule has 7 heteroatoms. The van der Waals surface area contributed by atoms with Crippen LogP contribution in [0, 0.1) is 13.8 Å². The molecule has 1 aliphatic rings. The highest BCUT2D eigenvalue weighted by molar-refractivity contribution is 5.94. The Morgan fingerprint density at radius 3 is 2.76 bits per heavy atom. The van der Waals surface area contributed by atoms with E-state index in [0.717, 1.165) is 16.9 Å². The van der Waals surface area contributed by atoms with Crippen LogP contribution in [0.3, 0.4) is 0 Å². The first kappa shape index (κ1) is 20.8. The van der Waals surface area contributed by atoms with Crippen molar-refractivity contribution in [2.24, 2.45) is 0 Å². The number of hydrogen-bond acceptors (Lipinski definition) is 4. The van der Waals surface area contributed by atoms with Gasteiger partial charge in [-0.05, 0) is 56.5 Å². The quantitative estimate of drug-likeness (QED) is 0.786. The predicted molar refractivity (Wildman–Crippen MR) is 112 cm³/mol. The number of carbonyl (C=O) groups excluding carboxylic acids is 2. The summed E-state index contributed by atoms with van der Waals surface area (Å²) in [5.74, 6) is -0.0716. The van der Waals surface area contributed by atoms with Gasteiger partial charge in [0.25, 0.3) is 5.91 Å². The molecule has 1 fully saturated rings. The number of hydrogen-bond donors (Lipinski definition) is 2. The molecule has 0 bridgehead atoms. The topological polar surface area (TPSA) is 83.6 Å². The van der Waals surface area contributed by atoms with Crippen LogP contribution >= 0.6 is 0 Å². The van der Waals surface area contributed by atoms with E-state index in [1.54, 1.807) is 24.3 Å². The smallest absolute Gasteiger partial charge is 0.319 e. The number of anilines is 1. The molecular weight excluding hydrogens is 368 g/mol. The molecule has 1 aromatic heterocycles. The number of aromatic nitrogens is 1. The normalized spacial score (nSPS) is 18.5. The van der Waals surface area contributed by atoms with Gasteiger partial charge in [0.15, 0.2) is 0 Å². The van der Waals surface area contributed by atoms with Crippen molar-refractivity contribution in [3.63, 3.8) is 0 Å². The van der Waals surface area contributed by atoms with Crippen molar-refractivity contribution < 1.29 is 14.3 Å². The van der Waals surface area contributed by atoms with E-state index in [4.69, 9.17) is 4.74 Å². The van der Waals surface area contributed by atoms with Gasteiger partial charge in [-0.15, -0.1) is 0 Å². The lowest BCUT2D eigenvalue weighted by molar-refractivity contribution is 0.0772. The average Bonchev–Trinajstić information content (AvgIpc) is 3.10. The average molecular weight is 396 g/mol. The molecule has 1 unspecified atom stereocenters. The van der Waals surface area contributed by atoms with Crippen molar-refractivity contribution in [2.75, 3.05) is 32.1 Å². The number of methoxy groups -OCH3 is 1. The van der Waals surface area contributed by atoms with E-state index in [1.807, 2.05) is 44.2 Å². The van der Waals surface area contributed by atoms with Gasteiger partial charge in [-0.1, -0.05) is 12.1 Å². The van der Waals surface area contributed by atoms with Crippen LogP contribution in [0.4, 0.5) is 10.5 Å². The highest BCUT2D eigenvalue weighted by Crippen LogP contribution is 2.27. The van der Waals surface area contributed by atoms with E-state index in [0.29, 0.717) is 38.1 Å². The number of likely N-dealkylation sites (tertiary alicyclic amines) is 1. The Bertz CT molecular complexity index is 869. The molecule has 2 aromatic rings. The molecule has 7 nitrogen and oxygen atoms in total. The molecule has 3 rings (SSSR count). The molecule has 154 valence electrons. The fraction of sp³-hybridized carbons (Fsp3) is 0.409. The number of pyridine rings is 1. The summed E-state index contributed by atoms with van der Waals surface area (Å²) in [7, 11) is 1.64. The summed E-state index contributed by atoms with van der Waals surface area (Å²) in [6.45, 7) is 5.37. The van der Waals surface area contributed by atoms with E-state index in [9.17, 15) is 9.59 Å².